The number of carbonyl (C=O) groups excluding carboxylic acids is 2. The Kier molecular flexibility index (Phi) is 5.59. The number of anilines is 1. The van der Waals surface area contributed by atoms with Gasteiger partial charge in [0.25, 0.3) is 5.91 Å². The van der Waals surface area contributed by atoms with Gasteiger partial charge in [-0.3, -0.25) is 14.9 Å². The number of Topliss-reactive ketones (excluding diaryl/α,β-unsaturated/α-hetero) is 1. The fraction of sp³-hybridized carbons (Fsp3) is 0.381. The predicted molar refractivity (Wildman–Crippen MR) is 113 cm³/mol. The normalized spacial score (nSPS) is 19.9. The lowest BCUT2D eigenvalue weighted by Crippen LogP contribution is -2.15. The molecule has 1 heterocycles. The third-order valence-electron chi connectivity index (χ3n) is 5.37. The molecule has 0 radical (unpaired) electrons. The van der Waals surface area contributed by atoms with Crippen LogP contribution in [0.1, 0.15) is 49.1 Å². The average molecular weight is 449 g/mol. The van der Waals surface area contributed by atoms with Crippen molar-refractivity contribution in [1.82, 2.24) is 4.98 Å². The molecule has 1 aromatic carbocycles. The van der Waals surface area contributed by atoms with Gasteiger partial charge in [0.1, 0.15) is 5.78 Å². The highest BCUT2D eigenvalue weighted by Crippen LogP contribution is 2.44. The summed E-state index contributed by atoms with van der Waals surface area (Å²) in [4.78, 5) is 28.8. The quantitative estimate of drug-likeness (QED) is 0.676. The summed E-state index contributed by atoms with van der Waals surface area (Å²) in [6.45, 7) is 0. The highest BCUT2D eigenvalue weighted by molar-refractivity contribution is 7.90. The number of sulfone groups is 1. The van der Waals surface area contributed by atoms with Crippen LogP contribution < -0.4 is 5.32 Å². The largest absolute Gasteiger partial charge is 0.300 e. The number of ketones is 1. The van der Waals surface area contributed by atoms with E-state index in [-0.39, 0.29) is 27.6 Å². The molecule has 2 saturated carbocycles. The number of hydrogen-bond acceptors (Lipinski definition) is 6. The summed E-state index contributed by atoms with van der Waals surface area (Å²) in [6.07, 6.45) is 7.33. The van der Waals surface area contributed by atoms with Crippen molar-refractivity contribution in [1.29, 1.82) is 0 Å². The van der Waals surface area contributed by atoms with Gasteiger partial charge >= 0.3 is 0 Å². The Balaban J connectivity index is 1.73. The van der Waals surface area contributed by atoms with Gasteiger partial charge in [0.05, 0.1) is 11.1 Å². The first-order valence-electron chi connectivity index (χ1n) is 9.71. The number of thiazole rings is 1. The topological polar surface area (TPSA) is 93.2 Å². The van der Waals surface area contributed by atoms with E-state index in [0.717, 1.165) is 35.9 Å². The van der Waals surface area contributed by atoms with E-state index in [1.165, 1.54) is 6.26 Å². The summed E-state index contributed by atoms with van der Waals surface area (Å²) in [5, 5.41) is 2.24. The third-order valence-corrected chi connectivity index (χ3v) is 7.24. The van der Waals surface area contributed by atoms with Gasteiger partial charge < -0.3 is 0 Å². The number of allylic oxidation sites excluding steroid dienone is 1. The number of nitrogens with one attached hydrogen (secondary N) is 1. The van der Waals surface area contributed by atoms with Crippen LogP contribution in [0, 0.1) is 11.0 Å². The summed E-state index contributed by atoms with van der Waals surface area (Å²) in [7, 11) is -3.39. The number of aromatic nitrogens is 1. The van der Waals surface area contributed by atoms with E-state index in [9.17, 15) is 22.4 Å². The molecule has 1 aromatic heterocycles. The van der Waals surface area contributed by atoms with Gasteiger partial charge in [-0.25, -0.2) is 13.4 Å². The molecule has 2 aliphatic rings. The monoisotopic (exact) mass is 448 g/mol. The van der Waals surface area contributed by atoms with Crippen LogP contribution in [-0.2, 0) is 19.4 Å². The van der Waals surface area contributed by atoms with Crippen molar-refractivity contribution >= 4 is 43.6 Å². The zero-order chi connectivity index (χ0) is 21.5. The third kappa shape index (κ3) is 4.67. The number of carbonyl (C=O) groups is 2. The molecule has 4 rings (SSSR count). The zero-order valence-electron chi connectivity index (χ0n) is 16.4. The van der Waals surface area contributed by atoms with Crippen LogP contribution in [0.2, 0.25) is 0 Å². The minimum absolute atomic E-state index is 0.0646. The molecule has 9 heteroatoms. The standard InChI is InChI=1S/C21H21FN2O4S2/c1-30(27,28)18-7-5-14(10-16(18)13-3-4-13)17(9-12-2-6-15(25)8-12)20(26)24-21-23-11-19(22)29-21/h5,7,9-13H,2-4,6,8H2,1H3,(H,23,24,26)/b17-9+/t12-/m0/s1. The SMILES string of the molecule is CS(=O)(=O)c1ccc(/C(=C\[C@H]2CCC(=O)C2)C(=O)Nc2ncc(F)s2)cc1C1CC1. The van der Waals surface area contributed by atoms with E-state index >= 15 is 0 Å². The van der Waals surface area contributed by atoms with Crippen LogP contribution in [0.4, 0.5) is 9.52 Å². The smallest absolute Gasteiger partial charge is 0.257 e. The van der Waals surface area contributed by atoms with Crippen molar-refractivity contribution in [2.75, 3.05) is 11.6 Å². The van der Waals surface area contributed by atoms with Crippen LogP contribution in [0.3, 0.4) is 0 Å². The van der Waals surface area contributed by atoms with Crippen molar-refractivity contribution < 1.29 is 22.4 Å². The molecule has 0 spiro atoms. The lowest BCUT2D eigenvalue weighted by Gasteiger charge is -2.14. The Morgan fingerprint density at radius 3 is 2.63 bits per heavy atom. The van der Waals surface area contributed by atoms with Gasteiger partial charge in [-0.05, 0) is 54.4 Å². The van der Waals surface area contributed by atoms with Gasteiger partial charge in [-0.2, -0.15) is 4.39 Å². The maximum atomic E-state index is 13.3. The lowest BCUT2D eigenvalue weighted by molar-refractivity contribution is -0.117. The van der Waals surface area contributed by atoms with Crippen LogP contribution in [0.5, 0.6) is 0 Å². The molecule has 0 saturated heterocycles. The van der Waals surface area contributed by atoms with Crippen molar-refractivity contribution in [3.05, 3.63) is 46.7 Å². The minimum atomic E-state index is -3.39. The Labute approximate surface area is 178 Å². The first-order valence-corrected chi connectivity index (χ1v) is 12.4. The molecule has 1 atom stereocenters. The van der Waals surface area contributed by atoms with Crippen LogP contribution >= 0.6 is 11.3 Å². The molecule has 1 N–H and O–H groups in total. The molecule has 0 bridgehead atoms. The summed E-state index contributed by atoms with van der Waals surface area (Å²) < 4.78 is 37.6. The van der Waals surface area contributed by atoms with Crippen molar-refractivity contribution in [3.8, 4) is 0 Å². The molecule has 2 aromatic rings. The summed E-state index contributed by atoms with van der Waals surface area (Å²) in [6, 6.07) is 4.92. The van der Waals surface area contributed by atoms with E-state index in [1.54, 1.807) is 24.3 Å². The van der Waals surface area contributed by atoms with Gasteiger partial charge in [0.2, 0.25) is 0 Å². The molecule has 158 valence electrons. The minimum Gasteiger partial charge on any atom is -0.300 e. The number of amides is 1. The van der Waals surface area contributed by atoms with Crippen molar-refractivity contribution in [3.63, 3.8) is 0 Å². The summed E-state index contributed by atoms with van der Waals surface area (Å²) >= 11 is 0.725. The number of hydrogen-bond donors (Lipinski definition) is 1. The number of rotatable bonds is 6. The molecular formula is C21H21FN2O4S2. The van der Waals surface area contributed by atoms with E-state index in [4.69, 9.17) is 0 Å². The van der Waals surface area contributed by atoms with Crippen LogP contribution in [0.15, 0.2) is 35.4 Å². The molecule has 0 aliphatic heterocycles. The zero-order valence-corrected chi connectivity index (χ0v) is 18.0. The summed E-state index contributed by atoms with van der Waals surface area (Å²) in [5.74, 6) is -0.202. The molecule has 30 heavy (non-hydrogen) atoms. The van der Waals surface area contributed by atoms with E-state index in [2.05, 4.69) is 10.3 Å². The van der Waals surface area contributed by atoms with Gasteiger partial charge in [0.15, 0.2) is 20.1 Å². The molecule has 2 fully saturated rings. The molecular weight excluding hydrogens is 427 g/mol. The Bertz CT molecular complexity index is 1150. The van der Waals surface area contributed by atoms with Gasteiger partial charge in [-0.15, -0.1) is 0 Å². The van der Waals surface area contributed by atoms with Gasteiger partial charge in [0, 0.05) is 24.7 Å². The molecule has 1 amide bonds. The van der Waals surface area contributed by atoms with E-state index in [1.807, 2.05) is 0 Å². The van der Waals surface area contributed by atoms with Crippen LogP contribution in [0.25, 0.3) is 5.57 Å². The highest BCUT2D eigenvalue weighted by atomic mass is 32.2. The molecule has 2 aliphatic carbocycles. The van der Waals surface area contributed by atoms with E-state index in [0.29, 0.717) is 30.4 Å². The molecule has 6 nitrogen and oxygen atoms in total. The van der Waals surface area contributed by atoms with Crippen molar-refractivity contribution in [2.24, 2.45) is 5.92 Å². The number of halogens is 1. The highest BCUT2D eigenvalue weighted by Gasteiger charge is 2.30. The molecule has 0 unspecified atom stereocenters. The fourth-order valence-corrected chi connectivity index (χ4v) is 5.28. The van der Waals surface area contributed by atoms with E-state index < -0.39 is 20.9 Å². The fourth-order valence-electron chi connectivity index (χ4n) is 3.77. The first kappa shape index (κ1) is 20.9. The second-order valence-electron chi connectivity index (χ2n) is 7.84. The maximum absolute atomic E-state index is 13.3. The summed E-state index contributed by atoms with van der Waals surface area (Å²) in [5.41, 5.74) is 1.64. The predicted octanol–water partition coefficient (Wildman–Crippen LogP) is 3.95. The lowest BCUT2D eigenvalue weighted by atomic mass is 9.96. The Morgan fingerprint density at radius 1 is 1.30 bits per heavy atom. The maximum Gasteiger partial charge on any atom is 0.257 e. The number of nitrogens with zero attached hydrogens (tertiary/aromatic N) is 1. The Hall–Kier alpha value is -2.39. The van der Waals surface area contributed by atoms with Gasteiger partial charge in [-0.1, -0.05) is 23.5 Å². The van der Waals surface area contributed by atoms with Crippen molar-refractivity contribution in [2.45, 2.75) is 42.9 Å². The second-order valence-corrected chi connectivity index (χ2v) is 10.8. The first-order chi connectivity index (χ1) is 14.2. The van der Waals surface area contributed by atoms with Crippen LogP contribution in [-0.4, -0.2) is 31.3 Å². The second kappa shape index (κ2) is 8.03. The average Bonchev–Trinajstić information content (AvgIpc) is 3.33. The Morgan fingerprint density at radius 2 is 2.07 bits per heavy atom. The number of benzene rings is 1.